The SMILES string of the molecule is CCOc1ccccc1-c1nc(C(=O)Nc2ccc(N3CCC(N(C)C)C3)cc2)cs1. The first-order chi connectivity index (χ1) is 15.0. The van der Waals surface area contributed by atoms with E-state index in [1.165, 1.54) is 23.4 Å². The van der Waals surface area contributed by atoms with E-state index in [0.29, 0.717) is 18.3 Å². The fraction of sp³-hybridized carbons (Fsp3) is 0.333. The third-order valence-corrected chi connectivity index (χ3v) is 6.41. The number of ether oxygens (including phenoxy) is 1. The van der Waals surface area contributed by atoms with Gasteiger partial charge in [-0.1, -0.05) is 12.1 Å². The highest BCUT2D eigenvalue weighted by Gasteiger charge is 2.24. The number of likely N-dealkylation sites (N-methyl/N-ethyl adjacent to an activating group) is 1. The summed E-state index contributed by atoms with van der Waals surface area (Å²) in [5.74, 6) is 0.568. The number of aromatic nitrogens is 1. The van der Waals surface area contributed by atoms with E-state index in [2.05, 4.69) is 46.3 Å². The second-order valence-electron chi connectivity index (χ2n) is 7.82. The molecule has 1 aromatic heterocycles. The minimum atomic E-state index is -0.210. The number of nitrogens with zero attached hydrogens (tertiary/aromatic N) is 3. The van der Waals surface area contributed by atoms with Gasteiger partial charge in [-0.2, -0.15) is 0 Å². The number of benzene rings is 2. The van der Waals surface area contributed by atoms with Crippen LogP contribution >= 0.6 is 11.3 Å². The van der Waals surface area contributed by atoms with Crippen LogP contribution in [0.15, 0.2) is 53.9 Å². The second kappa shape index (κ2) is 9.49. The van der Waals surface area contributed by atoms with Crippen LogP contribution in [0.1, 0.15) is 23.8 Å². The van der Waals surface area contributed by atoms with E-state index in [4.69, 9.17) is 4.74 Å². The molecule has 1 aliphatic heterocycles. The summed E-state index contributed by atoms with van der Waals surface area (Å²) in [5, 5.41) is 5.51. The Hall–Kier alpha value is -2.90. The molecule has 1 amide bonds. The lowest BCUT2D eigenvalue weighted by Gasteiger charge is -2.22. The summed E-state index contributed by atoms with van der Waals surface area (Å²) in [5.41, 5.74) is 3.26. The van der Waals surface area contributed by atoms with Crippen molar-refractivity contribution in [3.05, 3.63) is 59.6 Å². The van der Waals surface area contributed by atoms with Gasteiger partial charge >= 0.3 is 0 Å². The number of rotatable bonds is 7. The zero-order valence-corrected chi connectivity index (χ0v) is 19.0. The Morgan fingerprint density at radius 3 is 2.71 bits per heavy atom. The van der Waals surface area contributed by atoms with Gasteiger partial charge in [0.25, 0.3) is 5.91 Å². The summed E-state index contributed by atoms with van der Waals surface area (Å²) in [6, 6.07) is 16.4. The third-order valence-electron chi connectivity index (χ3n) is 5.54. The predicted octanol–water partition coefficient (Wildman–Crippen LogP) is 4.60. The van der Waals surface area contributed by atoms with E-state index in [-0.39, 0.29) is 5.91 Å². The number of carbonyl (C=O) groups excluding carboxylic acids is 1. The number of hydrogen-bond donors (Lipinski definition) is 1. The maximum atomic E-state index is 12.7. The summed E-state index contributed by atoms with van der Waals surface area (Å²) in [6.07, 6.45) is 1.17. The molecule has 1 fully saturated rings. The molecule has 3 aromatic rings. The molecule has 0 spiro atoms. The van der Waals surface area contributed by atoms with Crippen LogP contribution in [-0.2, 0) is 0 Å². The van der Waals surface area contributed by atoms with Crippen LogP contribution < -0.4 is 15.0 Å². The van der Waals surface area contributed by atoms with E-state index in [0.717, 1.165) is 35.1 Å². The first kappa shape index (κ1) is 21.3. The standard InChI is InChI=1S/C24H28N4O2S/c1-4-30-22-8-6-5-7-20(22)24-26-21(16-31-24)23(29)25-17-9-11-18(12-10-17)28-14-13-19(15-28)27(2)3/h5-12,16,19H,4,13-15H2,1-3H3,(H,25,29). The maximum absolute atomic E-state index is 12.7. The van der Waals surface area contributed by atoms with Crippen molar-refractivity contribution in [2.24, 2.45) is 0 Å². The quantitative estimate of drug-likeness (QED) is 0.587. The number of thiazole rings is 1. The second-order valence-corrected chi connectivity index (χ2v) is 8.68. The van der Waals surface area contributed by atoms with Crippen molar-refractivity contribution < 1.29 is 9.53 Å². The summed E-state index contributed by atoms with van der Waals surface area (Å²) in [4.78, 5) is 21.9. The molecule has 4 rings (SSSR count). The average molecular weight is 437 g/mol. The van der Waals surface area contributed by atoms with Gasteiger partial charge in [0, 0.05) is 35.9 Å². The monoisotopic (exact) mass is 436 g/mol. The lowest BCUT2D eigenvalue weighted by atomic mass is 10.2. The van der Waals surface area contributed by atoms with Crippen molar-refractivity contribution in [1.82, 2.24) is 9.88 Å². The third kappa shape index (κ3) is 4.89. The minimum Gasteiger partial charge on any atom is -0.493 e. The molecule has 0 saturated carbocycles. The smallest absolute Gasteiger partial charge is 0.275 e. The lowest BCUT2D eigenvalue weighted by Crippen LogP contribution is -2.31. The molecule has 1 saturated heterocycles. The lowest BCUT2D eigenvalue weighted by molar-refractivity contribution is 0.102. The van der Waals surface area contributed by atoms with Crippen LogP contribution in [0, 0.1) is 0 Å². The van der Waals surface area contributed by atoms with E-state index in [1.54, 1.807) is 5.38 Å². The van der Waals surface area contributed by atoms with Crippen molar-refractivity contribution in [3.63, 3.8) is 0 Å². The number of nitrogens with one attached hydrogen (secondary N) is 1. The molecule has 162 valence electrons. The number of para-hydroxylation sites is 1. The minimum absolute atomic E-state index is 0.210. The van der Waals surface area contributed by atoms with Gasteiger partial charge in [0.05, 0.1) is 12.2 Å². The molecule has 31 heavy (non-hydrogen) atoms. The summed E-state index contributed by atoms with van der Waals surface area (Å²) in [7, 11) is 4.26. The Balaban J connectivity index is 1.41. The Morgan fingerprint density at radius 2 is 2.00 bits per heavy atom. The highest BCUT2D eigenvalue weighted by atomic mass is 32.1. The summed E-state index contributed by atoms with van der Waals surface area (Å²) >= 11 is 1.44. The summed E-state index contributed by atoms with van der Waals surface area (Å²) in [6.45, 7) is 4.62. The molecule has 0 radical (unpaired) electrons. The largest absolute Gasteiger partial charge is 0.493 e. The predicted molar refractivity (Wildman–Crippen MR) is 127 cm³/mol. The Bertz CT molecular complexity index is 1030. The van der Waals surface area contributed by atoms with Gasteiger partial charge in [0.1, 0.15) is 16.5 Å². The molecule has 1 unspecified atom stereocenters. The number of amides is 1. The molecule has 2 aromatic carbocycles. The van der Waals surface area contributed by atoms with Gasteiger partial charge < -0.3 is 19.9 Å². The Morgan fingerprint density at radius 1 is 1.23 bits per heavy atom. The van der Waals surface area contributed by atoms with Gasteiger partial charge in [0.2, 0.25) is 0 Å². The van der Waals surface area contributed by atoms with Crippen LogP contribution in [0.5, 0.6) is 5.75 Å². The number of anilines is 2. The van der Waals surface area contributed by atoms with Crippen LogP contribution in [-0.4, -0.2) is 55.6 Å². The van der Waals surface area contributed by atoms with Crippen LogP contribution in [0.2, 0.25) is 0 Å². The van der Waals surface area contributed by atoms with Gasteiger partial charge in [-0.05, 0) is 63.8 Å². The first-order valence-electron chi connectivity index (χ1n) is 10.6. The van der Waals surface area contributed by atoms with Gasteiger partial charge in [-0.3, -0.25) is 4.79 Å². The van der Waals surface area contributed by atoms with Crippen molar-refractivity contribution in [1.29, 1.82) is 0 Å². The van der Waals surface area contributed by atoms with E-state index in [1.807, 2.05) is 43.3 Å². The molecule has 7 heteroatoms. The molecule has 1 atom stereocenters. The Kier molecular flexibility index (Phi) is 6.53. The zero-order chi connectivity index (χ0) is 21.8. The molecule has 0 aliphatic carbocycles. The van der Waals surface area contributed by atoms with E-state index in [9.17, 15) is 4.79 Å². The van der Waals surface area contributed by atoms with Gasteiger partial charge in [-0.25, -0.2) is 4.98 Å². The normalized spacial score (nSPS) is 16.0. The van der Waals surface area contributed by atoms with Crippen molar-refractivity contribution >= 4 is 28.6 Å². The zero-order valence-electron chi connectivity index (χ0n) is 18.2. The Labute approximate surface area is 187 Å². The van der Waals surface area contributed by atoms with Crippen LogP contribution in [0.3, 0.4) is 0 Å². The van der Waals surface area contributed by atoms with Gasteiger partial charge in [-0.15, -0.1) is 11.3 Å². The van der Waals surface area contributed by atoms with E-state index >= 15 is 0 Å². The van der Waals surface area contributed by atoms with Crippen LogP contribution in [0.25, 0.3) is 10.6 Å². The molecular formula is C24H28N4O2S. The van der Waals surface area contributed by atoms with Crippen molar-refractivity contribution in [2.75, 3.05) is 44.0 Å². The maximum Gasteiger partial charge on any atom is 0.275 e. The first-order valence-corrected chi connectivity index (χ1v) is 11.4. The fourth-order valence-corrected chi connectivity index (χ4v) is 4.60. The average Bonchev–Trinajstić information content (AvgIpc) is 3.45. The molecular weight excluding hydrogens is 408 g/mol. The van der Waals surface area contributed by atoms with Crippen molar-refractivity contribution in [2.45, 2.75) is 19.4 Å². The molecule has 0 bridgehead atoms. The van der Waals surface area contributed by atoms with Gasteiger partial charge in [0.15, 0.2) is 0 Å². The highest BCUT2D eigenvalue weighted by Crippen LogP contribution is 2.32. The highest BCUT2D eigenvalue weighted by molar-refractivity contribution is 7.13. The topological polar surface area (TPSA) is 57.7 Å². The summed E-state index contributed by atoms with van der Waals surface area (Å²) < 4.78 is 5.69. The van der Waals surface area contributed by atoms with E-state index < -0.39 is 0 Å². The molecule has 2 heterocycles. The fourth-order valence-electron chi connectivity index (χ4n) is 3.77. The number of hydrogen-bond acceptors (Lipinski definition) is 6. The molecule has 1 N–H and O–H groups in total. The van der Waals surface area contributed by atoms with Crippen molar-refractivity contribution in [3.8, 4) is 16.3 Å². The van der Waals surface area contributed by atoms with Crippen LogP contribution in [0.4, 0.5) is 11.4 Å². The molecule has 6 nitrogen and oxygen atoms in total. The molecule has 1 aliphatic rings. The number of carbonyl (C=O) groups is 1.